The fourth-order valence-corrected chi connectivity index (χ4v) is 5.20. The molecule has 2 saturated heterocycles. The first kappa shape index (κ1) is 30.0. The normalized spacial score (nSPS) is 19.0. The van der Waals surface area contributed by atoms with Gasteiger partial charge in [0.25, 0.3) is 0 Å². The van der Waals surface area contributed by atoms with Gasteiger partial charge >= 0.3 is 0 Å². The Bertz CT molecular complexity index is 1240. The highest BCUT2D eigenvalue weighted by Crippen LogP contribution is 2.28. The van der Waals surface area contributed by atoms with Crippen molar-refractivity contribution in [2.24, 2.45) is 0 Å². The lowest BCUT2D eigenvalue weighted by Gasteiger charge is -2.38. The Hall–Kier alpha value is -3.00. The van der Waals surface area contributed by atoms with Crippen LogP contribution in [0.25, 0.3) is 0 Å². The molecule has 3 heterocycles. The van der Waals surface area contributed by atoms with Crippen LogP contribution in [0.15, 0.2) is 72.0 Å². The summed E-state index contributed by atoms with van der Waals surface area (Å²) in [5.74, 6) is 0.467. The zero-order valence-corrected chi connectivity index (χ0v) is 24.2. The maximum atomic E-state index is 14.1. The van der Waals surface area contributed by atoms with Gasteiger partial charge in [-0.05, 0) is 81.6 Å². The summed E-state index contributed by atoms with van der Waals surface area (Å²) < 4.78 is 25.6. The summed E-state index contributed by atoms with van der Waals surface area (Å²) in [7, 11) is 0. The van der Waals surface area contributed by atoms with Crippen molar-refractivity contribution in [3.05, 3.63) is 94.1 Å². The lowest BCUT2D eigenvalue weighted by Crippen LogP contribution is -2.44. The minimum atomic E-state index is -0.382. The number of allylic oxidation sites excluding steroid dienone is 4. The molecule has 0 saturated carbocycles. The molecule has 4 rings (SSSR count). The van der Waals surface area contributed by atoms with E-state index in [4.69, 9.17) is 26.1 Å². The number of piperidine rings is 1. The standard InChI is InChI=1S/C32H39ClFN3O3/c1-4-24(3)31(18-23(2)21-38)37(20-28-12-17-39-28)16-15-36-13-10-25(11-14-36)30-6-5-7-32(35-30)40-22-26-8-9-27(33)19-29(26)34/h4-9,18-19,21,25,28H,1,10-17,20,22H2,2-3H3/b23-18+,31-24+. The van der Waals surface area contributed by atoms with Crippen LogP contribution in [-0.2, 0) is 16.1 Å². The molecule has 2 aliphatic rings. The molecule has 0 spiro atoms. The first-order valence-electron chi connectivity index (χ1n) is 14.0. The van der Waals surface area contributed by atoms with Crippen molar-refractivity contribution in [1.29, 1.82) is 0 Å². The molecule has 0 radical (unpaired) electrons. The zero-order valence-electron chi connectivity index (χ0n) is 23.5. The van der Waals surface area contributed by atoms with Gasteiger partial charge in [0.2, 0.25) is 5.88 Å². The summed E-state index contributed by atoms with van der Waals surface area (Å²) in [6.07, 6.45) is 7.99. The molecule has 2 fully saturated rings. The van der Waals surface area contributed by atoms with Gasteiger partial charge in [-0.25, -0.2) is 9.37 Å². The van der Waals surface area contributed by atoms with Crippen LogP contribution in [-0.4, -0.2) is 66.5 Å². The van der Waals surface area contributed by atoms with Crippen molar-refractivity contribution in [1.82, 2.24) is 14.8 Å². The van der Waals surface area contributed by atoms with E-state index in [0.717, 1.165) is 81.8 Å². The van der Waals surface area contributed by atoms with Gasteiger partial charge in [-0.1, -0.05) is 36.4 Å². The van der Waals surface area contributed by atoms with Crippen molar-refractivity contribution in [2.75, 3.05) is 39.3 Å². The van der Waals surface area contributed by atoms with E-state index in [1.54, 1.807) is 12.1 Å². The minimum Gasteiger partial charge on any atom is -0.473 e. The average molecular weight is 568 g/mol. The van der Waals surface area contributed by atoms with E-state index >= 15 is 0 Å². The Morgan fingerprint density at radius 3 is 2.67 bits per heavy atom. The molecule has 1 aromatic carbocycles. The van der Waals surface area contributed by atoms with E-state index in [1.165, 1.54) is 6.07 Å². The minimum absolute atomic E-state index is 0.101. The lowest BCUT2D eigenvalue weighted by atomic mass is 9.93. The van der Waals surface area contributed by atoms with Gasteiger partial charge < -0.3 is 19.3 Å². The van der Waals surface area contributed by atoms with Crippen LogP contribution in [0.1, 0.15) is 50.3 Å². The summed E-state index contributed by atoms with van der Waals surface area (Å²) in [5, 5.41) is 0.362. The maximum absolute atomic E-state index is 14.1. The second kappa shape index (κ2) is 14.6. The van der Waals surface area contributed by atoms with Crippen molar-refractivity contribution in [3.63, 3.8) is 0 Å². The van der Waals surface area contributed by atoms with Gasteiger partial charge in [0.1, 0.15) is 18.7 Å². The van der Waals surface area contributed by atoms with Crippen LogP contribution >= 0.6 is 11.6 Å². The lowest BCUT2D eigenvalue weighted by molar-refractivity contribution is -0.104. The number of nitrogens with zero attached hydrogens (tertiary/aromatic N) is 3. The number of aldehydes is 1. The molecule has 2 aliphatic heterocycles. The molecule has 0 aliphatic carbocycles. The summed E-state index contributed by atoms with van der Waals surface area (Å²) in [6, 6.07) is 10.4. The Kier molecular flexibility index (Phi) is 10.9. The number of hydrogen-bond acceptors (Lipinski definition) is 6. The summed E-state index contributed by atoms with van der Waals surface area (Å²) >= 11 is 5.85. The van der Waals surface area contributed by atoms with Crippen LogP contribution in [0.5, 0.6) is 5.88 Å². The number of ether oxygens (including phenoxy) is 2. The summed E-state index contributed by atoms with van der Waals surface area (Å²) in [5.41, 5.74) is 4.23. The number of benzene rings is 1. The topological polar surface area (TPSA) is 54.9 Å². The Morgan fingerprint density at radius 1 is 1.25 bits per heavy atom. The average Bonchev–Trinajstić information content (AvgIpc) is 2.94. The first-order valence-corrected chi connectivity index (χ1v) is 14.3. The second-order valence-electron chi connectivity index (χ2n) is 10.5. The number of hydrogen-bond donors (Lipinski definition) is 0. The highest BCUT2D eigenvalue weighted by atomic mass is 35.5. The molecule has 0 N–H and O–H groups in total. The van der Waals surface area contributed by atoms with E-state index < -0.39 is 0 Å². The third-order valence-corrected chi connectivity index (χ3v) is 7.88. The number of aromatic nitrogens is 1. The number of likely N-dealkylation sites (tertiary alicyclic amines) is 1. The molecule has 214 valence electrons. The van der Waals surface area contributed by atoms with E-state index in [1.807, 2.05) is 44.2 Å². The van der Waals surface area contributed by atoms with Crippen molar-refractivity contribution < 1.29 is 18.7 Å². The van der Waals surface area contributed by atoms with Crippen LogP contribution in [0.4, 0.5) is 4.39 Å². The SMILES string of the molecule is C=C/C(C)=C(\C=C(/C)C=O)N(CCN1CCC(c2cccc(OCc3ccc(Cl)cc3F)n2)CC1)CC1CCO1. The Labute approximate surface area is 242 Å². The molecule has 1 unspecified atom stereocenters. The third-order valence-electron chi connectivity index (χ3n) is 7.65. The number of carbonyl (C=O) groups excluding carboxylic acids is 1. The van der Waals surface area contributed by atoms with Crippen molar-refractivity contribution in [2.45, 2.75) is 51.7 Å². The molecule has 6 nitrogen and oxygen atoms in total. The summed E-state index contributed by atoms with van der Waals surface area (Å²) in [4.78, 5) is 20.9. The quantitative estimate of drug-likeness (QED) is 0.160. The molecule has 2 aromatic rings. The second-order valence-corrected chi connectivity index (χ2v) is 11.0. The zero-order chi connectivity index (χ0) is 28.5. The monoisotopic (exact) mass is 567 g/mol. The fourth-order valence-electron chi connectivity index (χ4n) is 5.04. The largest absolute Gasteiger partial charge is 0.473 e. The smallest absolute Gasteiger partial charge is 0.213 e. The van der Waals surface area contributed by atoms with Crippen molar-refractivity contribution in [3.8, 4) is 5.88 Å². The molecule has 0 amide bonds. The van der Waals surface area contributed by atoms with Crippen LogP contribution in [0.2, 0.25) is 5.02 Å². The van der Waals surface area contributed by atoms with Crippen LogP contribution in [0, 0.1) is 5.82 Å². The predicted molar refractivity (Wildman–Crippen MR) is 157 cm³/mol. The third kappa shape index (κ3) is 8.26. The first-order chi connectivity index (χ1) is 19.4. The van der Waals surface area contributed by atoms with Gasteiger partial charge in [-0.2, -0.15) is 0 Å². The van der Waals surface area contributed by atoms with Gasteiger partial charge in [-0.15, -0.1) is 0 Å². The maximum Gasteiger partial charge on any atom is 0.213 e. The molecule has 40 heavy (non-hydrogen) atoms. The molecule has 1 aromatic heterocycles. The van der Waals surface area contributed by atoms with E-state index in [0.29, 0.717) is 28.0 Å². The van der Waals surface area contributed by atoms with Gasteiger partial charge in [0.15, 0.2) is 0 Å². The van der Waals surface area contributed by atoms with Gasteiger partial charge in [0, 0.05) is 60.2 Å². The summed E-state index contributed by atoms with van der Waals surface area (Å²) in [6.45, 7) is 13.3. The van der Waals surface area contributed by atoms with Crippen molar-refractivity contribution >= 4 is 17.9 Å². The molecular weight excluding hydrogens is 529 g/mol. The molecular formula is C32H39ClFN3O3. The van der Waals surface area contributed by atoms with E-state index in [2.05, 4.69) is 16.4 Å². The molecule has 1 atom stereocenters. The van der Waals surface area contributed by atoms with Gasteiger partial charge in [0.05, 0.1) is 6.10 Å². The van der Waals surface area contributed by atoms with E-state index in [9.17, 15) is 9.18 Å². The van der Waals surface area contributed by atoms with E-state index in [-0.39, 0.29) is 18.5 Å². The number of carbonyl (C=O) groups is 1. The molecule has 8 heteroatoms. The number of pyridine rings is 1. The number of rotatable bonds is 13. The van der Waals surface area contributed by atoms with Crippen LogP contribution in [0.3, 0.4) is 0 Å². The molecule has 0 bridgehead atoms. The number of halogens is 2. The Morgan fingerprint density at radius 2 is 2.02 bits per heavy atom. The predicted octanol–water partition coefficient (Wildman–Crippen LogP) is 6.33. The Balaban J connectivity index is 1.33. The van der Waals surface area contributed by atoms with Crippen LogP contribution < -0.4 is 4.74 Å². The highest BCUT2D eigenvalue weighted by Gasteiger charge is 2.25. The highest BCUT2D eigenvalue weighted by molar-refractivity contribution is 6.30. The fraction of sp³-hybridized carbons (Fsp3) is 0.438. The van der Waals surface area contributed by atoms with Gasteiger partial charge in [-0.3, -0.25) is 4.79 Å².